The van der Waals surface area contributed by atoms with Gasteiger partial charge in [-0.1, -0.05) is 19.3 Å². The monoisotopic (exact) mass is 173 g/mol. The van der Waals surface area contributed by atoms with Gasteiger partial charge in [0.15, 0.2) is 6.29 Å². The van der Waals surface area contributed by atoms with E-state index in [4.69, 9.17) is 15.2 Å². The van der Waals surface area contributed by atoms with Crippen molar-refractivity contribution in [1.29, 1.82) is 0 Å². The van der Waals surface area contributed by atoms with Crippen molar-refractivity contribution < 1.29 is 9.47 Å². The predicted octanol–water partition coefficient (Wildman–Crippen LogP) is 1.12. The van der Waals surface area contributed by atoms with Crippen molar-refractivity contribution in [3.8, 4) is 0 Å². The van der Waals surface area contributed by atoms with Gasteiger partial charge in [0.2, 0.25) is 0 Å². The van der Waals surface area contributed by atoms with Crippen molar-refractivity contribution >= 4 is 0 Å². The Morgan fingerprint density at radius 2 is 1.92 bits per heavy atom. The average molecular weight is 173 g/mol. The SMILES string of the molecule is COC(OC)C(N)CC1CCC1. The third kappa shape index (κ3) is 2.44. The molecule has 0 aliphatic heterocycles. The molecular weight excluding hydrogens is 154 g/mol. The highest BCUT2D eigenvalue weighted by atomic mass is 16.7. The molecule has 1 atom stereocenters. The molecule has 0 aromatic heterocycles. The summed E-state index contributed by atoms with van der Waals surface area (Å²) in [5.74, 6) is 0.813. The molecule has 2 N–H and O–H groups in total. The molecule has 1 aliphatic rings. The van der Waals surface area contributed by atoms with E-state index in [0.29, 0.717) is 0 Å². The first kappa shape index (κ1) is 9.96. The summed E-state index contributed by atoms with van der Waals surface area (Å²) >= 11 is 0. The van der Waals surface area contributed by atoms with Crippen LogP contribution in [0.25, 0.3) is 0 Å². The summed E-state index contributed by atoms with van der Waals surface area (Å²) in [6, 6.07) is 0.0327. The van der Waals surface area contributed by atoms with E-state index >= 15 is 0 Å². The third-order valence-electron chi connectivity index (χ3n) is 2.64. The molecule has 3 nitrogen and oxygen atoms in total. The number of hydrogen-bond donors (Lipinski definition) is 1. The summed E-state index contributed by atoms with van der Waals surface area (Å²) in [5, 5.41) is 0. The van der Waals surface area contributed by atoms with Gasteiger partial charge in [0.05, 0.1) is 6.04 Å². The second kappa shape index (κ2) is 4.80. The molecule has 1 saturated carbocycles. The number of methoxy groups -OCH3 is 2. The molecule has 72 valence electrons. The van der Waals surface area contributed by atoms with Gasteiger partial charge in [-0.25, -0.2) is 0 Å². The quantitative estimate of drug-likeness (QED) is 0.634. The van der Waals surface area contributed by atoms with Crippen molar-refractivity contribution in [3.63, 3.8) is 0 Å². The Hall–Kier alpha value is -0.120. The van der Waals surface area contributed by atoms with Crippen LogP contribution in [0.1, 0.15) is 25.7 Å². The highest BCUT2D eigenvalue weighted by Gasteiger charge is 2.24. The van der Waals surface area contributed by atoms with Crippen LogP contribution in [-0.4, -0.2) is 26.6 Å². The first-order valence-corrected chi connectivity index (χ1v) is 4.59. The van der Waals surface area contributed by atoms with Gasteiger partial charge in [0.1, 0.15) is 0 Å². The van der Waals surface area contributed by atoms with E-state index in [1.54, 1.807) is 14.2 Å². The summed E-state index contributed by atoms with van der Waals surface area (Å²) in [4.78, 5) is 0. The van der Waals surface area contributed by atoms with Crippen molar-refractivity contribution in [1.82, 2.24) is 0 Å². The molecule has 0 amide bonds. The molecule has 0 saturated heterocycles. The minimum Gasteiger partial charge on any atom is -0.354 e. The number of rotatable bonds is 5. The predicted molar refractivity (Wildman–Crippen MR) is 47.7 cm³/mol. The number of ether oxygens (including phenoxy) is 2. The minimum atomic E-state index is -0.231. The van der Waals surface area contributed by atoms with Crippen molar-refractivity contribution in [3.05, 3.63) is 0 Å². The average Bonchev–Trinajstić information content (AvgIpc) is 1.99. The Bertz CT molecular complexity index is 122. The second-order valence-electron chi connectivity index (χ2n) is 3.54. The third-order valence-corrected chi connectivity index (χ3v) is 2.64. The highest BCUT2D eigenvalue weighted by molar-refractivity contribution is 4.76. The van der Waals surface area contributed by atoms with Crippen LogP contribution in [0.2, 0.25) is 0 Å². The maximum Gasteiger partial charge on any atom is 0.171 e. The van der Waals surface area contributed by atoms with Gasteiger partial charge in [-0.15, -0.1) is 0 Å². The van der Waals surface area contributed by atoms with E-state index in [-0.39, 0.29) is 12.3 Å². The van der Waals surface area contributed by atoms with Gasteiger partial charge >= 0.3 is 0 Å². The lowest BCUT2D eigenvalue weighted by atomic mass is 9.81. The van der Waals surface area contributed by atoms with Gasteiger partial charge in [-0.05, 0) is 12.3 Å². The topological polar surface area (TPSA) is 44.5 Å². The van der Waals surface area contributed by atoms with Crippen LogP contribution >= 0.6 is 0 Å². The van der Waals surface area contributed by atoms with E-state index < -0.39 is 0 Å². The van der Waals surface area contributed by atoms with E-state index in [0.717, 1.165) is 12.3 Å². The van der Waals surface area contributed by atoms with Gasteiger partial charge in [0, 0.05) is 14.2 Å². The highest BCUT2D eigenvalue weighted by Crippen LogP contribution is 2.30. The standard InChI is InChI=1S/C9H19NO2/c1-11-9(12-2)8(10)6-7-4-3-5-7/h7-9H,3-6,10H2,1-2H3. The fraction of sp³-hybridized carbons (Fsp3) is 1.00. The summed E-state index contributed by atoms with van der Waals surface area (Å²) in [6.07, 6.45) is 4.82. The molecular formula is C9H19NO2. The molecule has 0 aromatic rings. The molecule has 1 unspecified atom stereocenters. The molecule has 0 bridgehead atoms. The summed E-state index contributed by atoms with van der Waals surface area (Å²) in [6.45, 7) is 0. The molecule has 0 heterocycles. The molecule has 1 rings (SSSR count). The van der Waals surface area contributed by atoms with Crippen LogP contribution in [-0.2, 0) is 9.47 Å². The molecule has 1 aliphatic carbocycles. The molecule has 0 radical (unpaired) electrons. The van der Waals surface area contributed by atoms with Crippen molar-refractivity contribution in [2.45, 2.75) is 38.0 Å². The smallest absolute Gasteiger partial charge is 0.171 e. The summed E-state index contributed by atoms with van der Waals surface area (Å²) in [5.41, 5.74) is 5.90. The van der Waals surface area contributed by atoms with Crippen LogP contribution in [0.5, 0.6) is 0 Å². The molecule has 12 heavy (non-hydrogen) atoms. The summed E-state index contributed by atoms with van der Waals surface area (Å²) < 4.78 is 10.2. The Morgan fingerprint density at radius 1 is 1.33 bits per heavy atom. The van der Waals surface area contributed by atoms with E-state index in [9.17, 15) is 0 Å². The Kier molecular flexibility index (Phi) is 3.98. The van der Waals surface area contributed by atoms with E-state index in [1.807, 2.05) is 0 Å². The molecule has 0 aromatic carbocycles. The van der Waals surface area contributed by atoms with Crippen molar-refractivity contribution in [2.24, 2.45) is 11.7 Å². The Labute approximate surface area is 74.2 Å². The minimum absolute atomic E-state index is 0.0327. The second-order valence-corrected chi connectivity index (χ2v) is 3.54. The van der Waals surface area contributed by atoms with Crippen LogP contribution in [0.3, 0.4) is 0 Å². The zero-order chi connectivity index (χ0) is 8.97. The van der Waals surface area contributed by atoms with Crippen LogP contribution in [0, 0.1) is 5.92 Å². The van der Waals surface area contributed by atoms with Gasteiger partial charge in [-0.2, -0.15) is 0 Å². The number of nitrogens with two attached hydrogens (primary N) is 1. The fourth-order valence-electron chi connectivity index (χ4n) is 1.67. The zero-order valence-electron chi connectivity index (χ0n) is 7.95. The maximum absolute atomic E-state index is 5.90. The zero-order valence-corrected chi connectivity index (χ0v) is 7.95. The van der Waals surface area contributed by atoms with E-state index in [1.165, 1.54) is 19.3 Å². The first-order chi connectivity index (χ1) is 5.77. The lowest BCUT2D eigenvalue weighted by molar-refractivity contribution is -0.120. The fourth-order valence-corrected chi connectivity index (χ4v) is 1.67. The van der Waals surface area contributed by atoms with Crippen LogP contribution < -0.4 is 5.73 Å². The Morgan fingerprint density at radius 3 is 2.25 bits per heavy atom. The van der Waals surface area contributed by atoms with Crippen LogP contribution in [0.4, 0.5) is 0 Å². The lowest BCUT2D eigenvalue weighted by Gasteiger charge is -2.30. The Balaban J connectivity index is 2.19. The molecule has 0 spiro atoms. The first-order valence-electron chi connectivity index (χ1n) is 4.59. The maximum atomic E-state index is 5.90. The van der Waals surface area contributed by atoms with Gasteiger partial charge in [-0.3, -0.25) is 0 Å². The lowest BCUT2D eigenvalue weighted by Crippen LogP contribution is -2.39. The van der Waals surface area contributed by atoms with E-state index in [2.05, 4.69) is 0 Å². The summed E-state index contributed by atoms with van der Waals surface area (Å²) in [7, 11) is 3.27. The van der Waals surface area contributed by atoms with Crippen LogP contribution in [0.15, 0.2) is 0 Å². The van der Waals surface area contributed by atoms with Crippen molar-refractivity contribution in [2.75, 3.05) is 14.2 Å². The number of hydrogen-bond acceptors (Lipinski definition) is 3. The van der Waals surface area contributed by atoms with Gasteiger partial charge in [0.25, 0.3) is 0 Å². The molecule has 1 fully saturated rings. The normalized spacial score (nSPS) is 21.0. The van der Waals surface area contributed by atoms with Gasteiger partial charge < -0.3 is 15.2 Å². The largest absolute Gasteiger partial charge is 0.354 e. The molecule has 3 heteroatoms.